The summed E-state index contributed by atoms with van der Waals surface area (Å²) in [6.07, 6.45) is 0. The van der Waals surface area contributed by atoms with Crippen LogP contribution in [0.2, 0.25) is 0 Å². The molecule has 0 unspecified atom stereocenters. The molecule has 0 atom stereocenters. The molecule has 2 aromatic rings. The van der Waals surface area contributed by atoms with E-state index in [1.165, 1.54) is 12.1 Å². The van der Waals surface area contributed by atoms with Gasteiger partial charge in [0.1, 0.15) is 4.88 Å². The third kappa shape index (κ3) is 2.03. The Balaban J connectivity index is 2.09. The molecule has 0 saturated heterocycles. The van der Waals surface area contributed by atoms with Gasteiger partial charge in [0.25, 0.3) is 11.7 Å². The number of H-pyrrole nitrogens is 1. The minimum Gasteiger partial charge on any atom is -0.477 e. The molecule has 2 aromatic heterocycles. The number of aromatic amines is 1. The molecule has 1 amide bonds. The molecule has 0 fully saturated rings. The Morgan fingerprint density at radius 1 is 1.44 bits per heavy atom. The van der Waals surface area contributed by atoms with Gasteiger partial charge in [0.2, 0.25) is 0 Å². The predicted octanol–water partition coefficient (Wildman–Crippen LogP) is 0.212. The first kappa shape index (κ1) is 10.2. The Hall–Kier alpha value is -2.29. The van der Waals surface area contributed by atoms with Gasteiger partial charge in [-0.15, -0.1) is 21.5 Å². The number of nitrogens with zero attached hydrogens (tertiary/aromatic N) is 3. The largest absolute Gasteiger partial charge is 0.477 e. The van der Waals surface area contributed by atoms with E-state index in [2.05, 4.69) is 25.9 Å². The number of aromatic nitrogens is 4. The van der Waals surface area contributed by atoms with Crippen molar-refractivity contribution < 1.29 is 14.7 Å². The van der Waals surface area contributed by atoms with Gasteiger partial charge in [0.15, 0.2) is 0 Å². The number of tetrazole rings is 1. The fourth-order valence-corrected chi connectivity index (χ4v) is 1.69. The van der Waals surface area contributed by atoms with Crippen LogP contribution in [0.25, 0.3) is 0 Å². The Labute approximate surface area is 92.3 Å². The van der Waals surface area contributed by atoms with Crippen LogP contribution in [0.4, 0.5) is 5.00 Å². The van der Waals surface area contributed by atoms with Crippen LogP contribution in [0.1, 0.15) is 20.3 Å². The fraction of sp³-hybridized carbons (Fsp3) is 0. The summed E-state index contributed by atoms with van der Waals surface area (Å²) in [7, 11) is 0. The van der Waals surface area contributed by atoms with E-state index in [1.54, 1.807) is 0 Å². The van der Waals surface area contributed by atoms with Crippen LogP contribution in [0, 0.1) is 0 Å². The molecule has 0 aliphatic rings. The van der Waals surface area contributed by atoms with Gasteiger partial charge >= 0.3 is 5.97 Å². The summed E-state index contributed by atoms with van der Waals surface area (Å²) in [5.74, 6) is -1.69. The number of anilines is 1. The Morgan fingerprint density at radius 2 is 2.25 bits per heavy atom. The first-order valence-corrected chi connectivity index (χ1v) is 4.86. The molecule has 82 valence electrons. The van der Waals surface area contributed by atoms with Crippen molar-refractivity contribution in [3.05, 3.63) is 22.8 Å². The number of thiophene rings is 1. The number of hydrogen-bond donors (Lipinski definition) is 3. The number of aromatic carboxylic acids is 1. The maximum absolute atomic E-state index is 11.4. The maximum Gasteiger partial charge on any atom is 0.345 e. The Kier molecular flexibility index (Phi) is 2.60. The van der Waals surface area contributed by atoms with Crippen molar-refractivity contribution in [2.75, 3.05) is 5.32 Å². The number of carboxylic acid groups (broad SMARTS) is 1. The van der Waals surface area contributed by atoms with Crippen molar-refractivity contribution in [1.29, 1.82) is 0 Å². The molecule has 0 bridgehead atoms. The Morgan fingerprint density at radius 3 is 2.81 bits per heavy atom. The zero-order valence-corrected chi connectivity index (χ0v) is 8.48. The van der Waals surface area contributed by atoms with Gasteiger partial charge in [-0.3, -0.25) is 4.79 Å². The van der Waals surface area contributed by atoms with Crippen LogP contribution in [0.3, 0.4) is 0 Å². The minimum atomic E-state index is -1.04. The molecule has 3 N–H and O–H groups in total. The summed E-state index contributed by atoms with van der Waals surface area (Å²) in [4.78, 5) is 22.1. The lowest BCUT2D eigenvalue weighted by molar-refractivity contribution is 0.0702. The zero-order chi connectivity index (χ0) is 11.5. The lowest BCUT2D eigenvalue weighted by Gasteiger charge is -1.95. The van der Waals surface area contributed by atoms with E-state index in [-0.39, 0.29) is 10.7 Å². The van der Waals surface area contributed by atoms with Gasteiger partial charge in [-0.25, -0.2) is 4.79 Å². The van der Waals surface area contributed by atoms with Crippen molar-refractivity contribution in [2.45, 2.75) is 0 Å². The first-order chi connectivity index (χ1) is 7.66. The third-order valence-corrected chi connectivity index (χ3v) is 2.59. The lowest BCUT2D eigenvalue weighted by Crippen LogP contribution is -2.12. The molecule has 9 heteroatoms. The van der Waals surface area contributed by atoms with Crippen LogP contribution in [0.15, 0.2) is 12.1 Å². The summed E-state index contributed by atoms with van der Waals surface area (Å²) in [5, 5.41) is 23.9. The van der Waals surface area contributed by atoms with Crippen LogP contribution in [-0.2, 0) is 0 Å². The van der Waals surface area contributed by atoms with E-state index >= 15 is 0 Å². The fourth-order valence-electron chi connectivity index (χ4n) is 0.946. The summed E-state index contributed by atoms with van der Waals surface area (Å²) in [6.45, 7) is 0. The second kappa shape index (κ2) is 4.06. The molecule has 0 radical (unpaired) electrons. The molecule has 2 heterocycles. The normalized spacial score (nSPS) is 10.0. The summed E-state index contributed by atoms with van der Waals surface area (Å²) in [5.41, 5.74) is 0. The number of carboxylic acids is 1. The van der Waals surface area contributed by atoms with E-state index < -0.39 is 11.9 Å². The lowest BCUT2D eigenvalue weighted by atomic mass is 10.4. The van der Waals surface area contributed by atoms with E-state index in [0.717, 1.165) is 11.3 Å². The highest BCUT2D eigenvalue weighted by Crippen LogP contribution is 2.21. The monoisotopic (exact) mass is 239 g/mol. The number of rotatable bonds is 3. The smallest absolute Gasteiger partial charge is 0.345 e. The molecule has 0 aliphatic heterocycles. The van der Waals surface area contributed by atoms with Crippen molar-refractivity contribution in [3.63, 3.8) is 0 Å². The van der Waals surface area contributed by atoms with Crippen molar-refractivity contribution in [2.24, 2.45) is 0 Å². The van der Waals surface area contributed by atoms with Gasteiger partial charge in [0, 0.05) is 0 Å². The number of hydrogen-bond acceptors (Lipinski definition) is 6. The number of nitrogens with one attached hydrogen (secondary N) is 2. The van der Waals surface area contributed by atoms with Crippen LogP contribution >= 0.6 is 11.3 Å². The molecule has 16 heavy (non-hydrogen) atoms. The summed E-state index contributed by atoms with van der Waals surface area (Å²) < 4.78 is 0. The van der Waals surface area contributed by atoms with Crippen molar-refractivity contribution in [1.82, 2.24) is 20.6 Å². The Bertz CT molecular complexity index is 520. The highest BCUT2D eigenvalue weighted by Gasteiger charge is 2.13. The molecular formula is C7H5N5O3S. The quantitative estimate of drug-likeness (QED) is 0.704. The van der Waals surface area contributed by atoms with Gasteiger partial charge < -0.3 is 10.4 Å². The second-order valence-corrected chi connectivity index (χ2v) is 3.74. The first-order valence-electron chi connectivity index (χ1n) is 4.05. The van der Waals surface area contributed by atoms with E-state index in [1.807, 2.05) is 0 Å². The summed E-state index contributed by atoms with van der Waals surface area (Å²) >= 11 is 0.949. The molecule has 8 nitrogen and oxygen atoms in total. The minimum absolute atomic E-state index is 0.106. The third-order valence-electron chi connectivity index (χ3n) is 1.60. The number of carbonyl (C=O) groups is 2. The van der Waals surface area contributed by atoms with Crippen molar-refractivity contribution in [3.8, 4) is 0 Å². The van der Waals surface area contributed by atoms with Crippen molar-refractivity contribution >= 4 is 28.2 Å². The molecule has 0 spiro atoms. The number of carbonyl (C=O) groups excluding carboxylic acids is 1. The molecule has 0 aliphatic carbocycles. The molecular weight excluding hydrogens is 234 g/mol. The van der Waals surface area contributed by atoms with Gasteiger partial charge in [-0.2, -0.15) is 5.21 Å². The van der Waals surface area contributed by atoms with E-state index in [9.17, 15) is 9.59 Å². The van der Waals surface area contributed by atoms with Crippen LogP contribution in [-0.4, -0.2) is 37.6 Å². The molecule has 0 saturated carbocycles. The SMILES string of the molecule is O=C(Nc1ccc(C(=O)O)s1)c1nn[nH]n1. The highest BCUT2D eigenvalue weighted by molar-refractivity contribution is 7.18. The standard InChI is InChI=1S/C7H5N5O3S/c13-6(5-9-11-12-10-5)8-4-2-1-3(16-4)7(14)15/h1-2H,(H,8,13)(H,14,15)(H,9,10,11,12). The van der Waals surface area contributed by atoms with Gasteiger partial charge in [-0.1, -0.05) is 0 Å². The average Bonchev–Trinajstić information content (AvgIpc) is 2.87. The summed E-state index contributed by atoms with van der Waals surface area (Å²) in [6, 6.07) is 2.89. The van der Waals surface area contributed by atoms with E-state index in [0.29, 0.717) is 5.00 Å². The topological polar surface area (TPSA) is 121 Å². The number of amides is 1. The van der Waals surface area contributed by atoms with Gasteiger partial charge in [-0.05, 0) is 17.3 Å². The zero-order valence-electron chi connectivity index (χ0n) is 7.67. The van der Waals surface area contributed by atoms with E-state index in [4.69, 9.17) is 5.11 Å². The van der Waals surface area contributed by atoms with Crippen LogP contribution in [0.5, 0.6) is 0 Å². The molecule has 0 aromatic carbocycles. The van der Waals surface area contributed by atoms with Crippen LogP contribution < -0.4 is 5.32 Å². The predicted molar refractivity (Wildman–Crippen MR) is 53.4 cm³/mol. The molecule has 2 rings (SSSR count). The highest BCUT2D eigenvalue weighted by atomic mass is 32.1. The second-order valence-electron chi connectivity index (χ2n) is 2.66. The average molecular weight is 239 g/mol. The van der Waals surface area contributed by atoms with Gasteiger partial charge in [0.05, 0.1) is 5.00 Å². The maximum atomic E-state index is 11.4.